The molecule has 2 aromatic carbocycles. The Labute approximate surface area is 148 Å². The molecule has 0 radical (unpaired) electrons. The first-order chi connectivity index (χ1) is 11.8. The molecule has 0 atom stereocenters. The maximum Gasteiger partial charge on any atom is 0.268 e. The Morgan fingerprint density at radius 1 is 1.00 bits per heavy atom. The number of aliphatic hydroxyl groups is 1. The van der Waals surface area contributed by atoms with E-state index in [0.29, 0.717) is 23.9 Å². The van der Waals surface area contributed by atoms with Gasteiger partial charge in [0.1, 0.15) is 0 Å². The average molecular weight is 357 g/mol. The molecular formula is C20H23NO3S. The van der Waals surface area contributed by atoms with E-state index >= 15 is 0 Å². The maximum absolute atomic E-state index is 13.2. The second kappa shape index (κ2) is 6.32. The molecule has 0 saturated carbocycles. The van der Waals surface area contributed by atoms with Crippen LogP contribution in [0.25, 0.3) is 10.9 Å². The van der Waals surface area contributed by atoms with Crippen molar-refractivity contribution in [1.82, 2.24) is 3.97 Å². The van der Waals surface area contributed by atoms with Crippen LogP contribution in [-0.2, 0) is 15.6 Å². The largest absolute Gasteiger partial charge is 0.385 e. The Morgan fingerprint density at radius 3 is 2.20 bits per heavy atom. The summed E-state index contributed by atoms with van der Waals surface area (Å²) in [5.41, 5.74) is 1.19. The number of fused-ring (bicyclic) bond motifs is 1. The van der Waals surface area contributed by atoms with Crippen LogP contribution in [0.2, 0.25) is 0 Å². The summed E-state index contributed by atoms with van der Waals surface area (Å²) in [5, 5.41) is 11.7. The summed E-state index contributed by atoms with van der Waals surface area (Å²) < 4.78 is 27.6. The highest BCUT2D eigenvalue weighted by atomic mass is 32.2. The van der Waals surface area contributed by atoms with Gasteiger partial charge in [-0.2, -0.15) is 0 Å². The summed E-state index contributed by atoms with van der Waals surface area (Å²) in [4.78, 5) is 0.238. The zero-order chi connectivity index (χ0) is 18.2. The molecule has 5 heteroatoms. The van der Waals surface area contributed by atoms with Gasteiger partial charge < -0.3 is 5.11 Å². The van der Waals surface area contributed by atoms with Crippen molar-refractivity contribution in [2.75, 3.05) is 0 Å². The van der Waals surface area contributed by atoms with Crippen LogP contribution in [-0.4, -0.2) is 17.5 Å². The second-order valence-electron chi connectivity index (χ2n) is 6.41. The lowest BCUT2D eigenvalue weighted by atomic mass is 9.88. The van der Waals surface area contributed by atoms with Gasteiger partial charge in [-0.15, -0.1) is 0 Å². The van der Waals surface area contributed by atoms with Crippen molar-refractivity contribution in [2.24, 2.45) is 0 Å². The first kappa shape index (κ1) is 17.7. The van der Waals surface area contributed by atoms with E-state index in [9.17, 15) is 13.5 Å². The van der Waals surface area contributed by atoms with Crippen molar-refractivity contribution >= 4 is 20.9 Å². The summed E-state index contributed by atoms with van der Waals surface area (Å²) in [6.07, 6.45) is 2.61. The van der Waals surface area contributed by atoms with Crippen LogP contribution in [0.4, 0.5) is 0 Å². The first-order valence-corrected chi connectivity index (χ1v) is 9.92. The molecule has 0 saturated heterocycles. The summed E-state index contributed by atoms with van der Waals surface area (Å²) in [7, 11) is -3.73. The molecule has 0 amide bonds. The lowest BCUT2D eigenvalue weighted by molar-refractivity contribution is 0.0298. The number of rotatable bonds is 5. The van der Waals surface area contributed by atoms with Gasteiger partial charge in [0.2, 0.25) is 0 Å². The maximum atomic E-state index is 13.2. The highest BCUT2D eigenvalue weighted by molar-refractivity contribution is 7.90. The van der Waals surface area contributed by atoms with E-state index < -0.39 is 15.6 Å². The minimum Gasteiger partial charge on any atom is -0.385 e. The fourth-order valence-corrected chi connectivity index (χ4v) is 4.54. The van der Waals surface area contributed by atoms with E-state index in [0.717, 1.165) is 10.9 Å². The van der Waals surface area contributed by atoms with Gasteiger partial charge in [-0.1, -0.05) is 49.7 Å². The van der Waals surface area contributed by atoms with Crippen molar-refractivity contribution in [1.29, 1.82) is 0 Å². The Hall–Kier alpha value is -2.11. The number of benzene rings is 2. The van der Waals surface area contributed by atoms with Gasteiger partial charge in [0.05, 0.1) is 16.0 Å². The predicted octanol–water partition coefficient (Wildman–Crippen LogP) is 4.19. The smallest absolute Gasteiger partial charge is 0.268 e. The van der Waals surface area contributed by atoms with Gasteiger partial charge in [0.25, 0.3) is 10.0 Å². The molecule has 4 nitrogen and oxygen atoms in total. The van der Waals surface area contributed by atoms with E-state index in [1.54, 1.807) is 36.5 Å². The third-order valence-electron chi connectivity index (χ3n) is 4.93. The molecule has 3 rings (SSSR count). The first-order valence-electron chi connectivity index (χ1n) is 8.48. The molecule has 0 aliphatic carbocycles. The minimum atomic E-state index is -3.73. The molecule has 132 valence electrons. The van der Waals surface area contributed by atoms with Crippen molar-refractivity contribution in [3.05, 3.63) is 65.9 Å². The van der Waals surface area contributed by atoms with Crippen LogP contribution >= 0.6 is 0 Å². The Bertz CT molecular complexity index is 997. The fourth-order valence-electron chi connectivity index (χ4n) is 3.17. The molecule has 0 aliphatic rings. The van der Waals surface area contributed by atoms with E-state index in [4.69, 9.17) is 0 Å². The molecule has 1 aromatic heterocycles. The van der Waals surface area contributed by atoms with Crippen molar-refractivity contribution in [3.63, 3.8) is 0 Å². The molecule has 0 bridgehead atoms. The standard InChI is InChI=1S/C20H23NO3S/c1-4-20(22,5-2)18-14-21(19-9-7-6-8-17(18)19)25(23,24)16-12-10-15(3)11-13-16/h6-14,22H,4-5H2,1-3H3. The summed E-state index contributed by atoms with van der Waals surface area (Å²) in [5.74, 6) is 0. The number of nitrogens with zero attached hydrogens (tertiary/aromatic N) is 1. The normalized spacial score (nSPS) is 12.6. The molecule has 0 fully saturated rings. The van der Waals surface area contributed by atoms with Crippen LogP contribution in [0.15, 0.2) is 59.6 Å². The Kier molecular flexibility index (Phi) is 4.47. The highest BCUT2D eigenvalue weighted by Gasteiger charge is 2.31. The number of aryl methyl sites for hydroxylation is 1. The summed E-state index contributed by atoms with van der Waals surface area (Å²) in [6.45, 7) is 5.73. The minimum absolute atomic E-state index is 0.238. The molecule has 0 spiro atoms. The van der Waals surface area contributed by atoms with Gasteiger partial charge in [-0.3, -0.25) is 0 Å². The molecule has 1 heterocycles. The zero-order valence-corrected chi connectivity index (χ0v) is 15.5. The molecule has 0 unspecified atom stereocenters. The second-order valence-corrected chi connectivity index (χ2v) is 8.23. The fraction of sp³-hybridized carbons (Fsp3) is 0.300. The Balaban J connectivity index is 2.29. The summed E-state index contributed by atoms with van der Waals surface area (Å²) in [6, 6.07) is 14.1. The molecule has 1 N–H and O–H groups in total. The summed E-state index contributed by atoms with van der Waals surface area (Å²) >= 11 is 0. The van der Waals surface area contributed by atoms with E-state index in [1.807, 2.05) is 39.0 Å². The van der Waals surface area contributed by atoms with Crippen LogP contribution in [0.1, 0.15) is 37.8 Å². The van der Waals surface area contributed by atoms with Crippen molar-refractivity contribution < 1.29 is 13.5 Å². The van der Waals surface area contributed by atoms with E-state index in [-0.39, 0.29) is 4.90 Å². The average Bonchev–Trinajstić information content (AvgIpc) is 3.02. The van der Waals surface area contributed by atoms with Crippen molar-refractivity contribution in [2.45, 2.75) is 44.1 Å². The van der Waals surface area contributed by atoms with Gasteiger partial charge in [0, 0.05) is 17.1 Å². The number of hydrogen-bond acceptors (Lipinski definition) is 3. The Morgan fingerprint density at radius 2 is 1.60 bits per heavy atom. The third kappa shape index (κ3) is 2.87. The van der Waals surface area contributed by atoms with E-state index in [2.05, 4.69) is 0 Å². The molecule has 3 aromatic rings. The topological polar surface area (TPSA) is 59.3 Å². The third-order valence-corrected chi connectivity index (χ3v) is 6.61. The number of aromatic nitrogens is 1. The molecule has 0 aliphatic heterocycles. The van der Waals surface area contributed by atoms with E-state index in [1.165, 1.54) is 3.97 Å². The monoisotopic (exact) mass is 357 g/mol. The molecule has 25 heavy (non-hydrogen) atoms. The predicted molar refractivity (Wildman–Crippen MR) is 100 cm³/mol. The van der Waals surface area contributed by atoms with Crippen LogP contribution in [0.5, 0.6) is 0 Å². The lowest BCUT2D eigenvalue weighted by Gasteiger charge is -2.24. The van der Waals surface area contributed by atoms with Crippen LogP contribution in [0, 0.1) is 6.92 Å². The SMILES string of the molecule is CCC(O)(CC)c1cn(S(=O)(=O)c2ccc(C)cc2)c2ccccc12. The van der Waals surface area contributed by atoms with Crippen molar-refractivity contribution in [3.8, 4) is 0 Å². The van der Waals surface area contributed by atoms with Crippen LogP contribution < -0.4 is 0 Å². The van der Waals surface area contributed by atoms with Gasteiger partial charge >= 0.3 is 0 Å². The van der Waals surface area contributed by atoms with Crippen LogP contribution in [0.3, 0.4) is 0 Å². The lowest BCUT2D eigenvalue weighted by Crippen LogP contribution is -2.23. The highest BCUT2D eigenvalue weighted by Crippen LogP contribution is 2.36. The molecular weight excluding hydrogens is 334 g/mol. The zero-order valence-electron chi connectivity index (χ0n) is 14.7. The van der Waals surface area contributed by atoms with Gasteiger partial charge in [-0.05, 0) is 38.0 Å². The van der Waals surface area contributed by atoms with Gasteiger partial charge in [-0.25, -0.2) is 12.4 Å². The number of hydrogen-bond donors (Lipinski definition) is 1. The number of para-hydroxylation sites is 1. The quantitative estimate of drug-likeness (QED) is 0.745. The van der Waals surface area contributed by atoms with Gasteiger partial charge in [0.15, 0.2) is 0 Å².